The maximum atomic E-state index is 12.5. The molecule has 8 heteroatoms. The molecule has 0 unspecified atom stereocenters. The van der Waals surface area contributed by atoms with Gasteiger partial charge in [0, 0.05) is 20.2 Å². The van der Waals surface area contributed by atoms with E-state index in [9.17, 15) is 13.2 Å². The summed E-state index contributed by atoms with van der Waals surface area (Å²) < 4.78 is 31.0. The van der Waals surface area contributed by atoms with Gasteiger partial charge in [0.25, 0.3) is 0 Å². The highest BCUT2D eigenvalue weighted by Gasteiger charge is 2.25. The molecule has 0 aromatic heterocycles. The van der Waals surface area contributed by atoms with Gasteiger partial charge in [0.05, 0.1) is 22.1 Å². The summed E-state index contributed by atoms with van der Waals surface area (Å²) in [5.74, 6) is -1.29. The summed E-state index contributed by atoms with van der Waals surface area (Å²) in [6.45, 7) is 3.96. The summed E-state index contributed by atoms with van der Waals surface area (Å²) in [4.78, 5) is 10.9. The van der Waals surface area contributed by atoms with Gasteiger partial charge >= 0.3 is 5.97 Å². The first-order valence-corrected chi connectivity index (χ1v) is 7.79. The number of rotatable bonds is 8. The number of hydrogen-bond acceptors (Lipinski definition) is 4. The van der Waals surface area contributed by atoms with Gasteiger partial charge in [0.1, 0.15) is 0 Å². The average Bonchev–Trinajstić information content (AvgIpc) is 2.43. The predicted molar refractivity (Wildman–Crippen MR) is 79.2 cm³/mol. The van der Waals surface area contributed by atoms with Gasteiger partial charge in [-0.2, -0.15) is 4.31 Å². The van der Waals surface area contributed by atoms with E-state index >= 15 is 0 Å². The Morgan fingerprint density at radius 2 is 2.19 bits per heavy atom. The summed E-state index contributed by atoms with van der Waals surface area (Å²) in [5, 5.41) is 8.99. The van der Waals surface area contributed by atoms with Crippen LogP contribution >= 0.6 is 11.6 Å². The zero-order valence-corrected chi connectivity index (χ0v) is 13.0. The van der Waals surface area contributed by atoms with Crippen LogP contribution in [-0.2, 0) is 14.8 Å². The van der Waals surface area contributed by atoms with E-state index in [1.54, 1.807) is 0 Å². The fourth-order valence-corrected chi connectivity index (χ4v) is 3.24. The molecule has 1 aromatic carbocycles. The number of methoxy groups -OCH3 is 1. The Labute approximate surface area is 128 Å². The summed E-state index contributed by atoms with van der Waals surface area (Å²) in [6, 6.07) is 3.57. The lowest BCUT2D eigenvalue weighted by Crippen LogP contribution is -2.34. The van der Waals surface area contributed by atoms with Crippen molar-refractivity contribution in [2.24, 2.45) is 0 Å². The number of carboxylic acid groups (broad SMARTS) is 1. The van der Waals surface area contributed by atoms with Crippen LogP contribution in [0.3, 0.4) is 0 Å². The Balaban J connectivity index is 3.24. The second kappa shape index (κ2) is 7.56. The van der Waals surface area contributed by atoms with Crippen LogP contribution in [0.2, 0.25) is 5.02 Å². The Bertz CT molecular complexity index is 629. The molecule has 6 nitrogen and oxygen atoms in total. The maximum absolute atomic E-state index is 12.5. The molecule has 0 atom stereocenters. The molecule has 1 aromatic rings. The molecule has 116 valence electrons. The molecule has 1 N–H and O–H groups in total. The zero-order chi connectivity index (χ0) is 16.0. The number of sulfonamides is 1. The SMILES string of the molecule is C=CCN(CCOC)S(=O)(=O)c1ccc(Cl)c(C(=O)O)c1. The van der Waals surface area contributed by atoms with Crippen molar-refractivity contribution in [2.75, 3.05) is 26.8 Å². The van der Waals surface area contributed by atoms with Gasteiger partial charge < -0.3 is 9.84 Å². The number of aromatic carboxylic acids is 1. The molecule has 1 rings (SSSR count). The van der Waals surface area contributed by atoms with Gasteiger partial charge in [-0.25, -0.2) is 13.2 Å². The van der Waals surface area contributed by atoms with E-state index in [2.05, 4.69) is 6.58 Å². The Morgan fingerprint density at radius 3 is 2.71 bits per heavy atom. The molecule has 0 bridgehead atoms. The second-order valence-corrected chi connectivity index (χ2v) is 6.44. The van der Waals surface area contributed by atoms with Crippen molar-refractivity contribution in [3.63, 3.8) is 0 Å². The summed E-state index contributed by atoms with van der Waals surface area (Å²) in [6.07, 6.45) is 1.45. The van der Waals surface area contributed by atoms with Crippen LogP contribution in [0.4, 0.5) is 0 Å². The first-order chi connectivity index (χ1) is 9.84. The number of ether oxygens (including phenoxy) is 1. The smallest absolute Gasteiger partial charge is 0.337 e. The zero-order valence-electron chi connectivity index (χ0n) is 11.5. The van der Waals surface area contributed by atoms with Gasteiger partial charge in [-0.15, -0.1) is 6.58 Å². The van der Waals surface area contributed by atoms with E-state index in [1.807, 2.05) is 0 Å². The lowest BCUT2D eigenvalue weighted by molar-refractivity contribution is 0.0697. The third kappa shape index (κ3) is 4.28. The van der Waals surface area contributed by atoms with Crippen LogP contribution in [0.1, 0.15) is 10.4 Å². The molecular weight excluding hydrogens is 318 g/mol. The summed E-state index contributed by atoms with van der Waals surface area (Å²) in [7, 11) is -2.39. The van der Waals surface area contributed by atoms with E-state index in [1.165, 1.54) is 25.3 Å². The molecule has 0 saturated heterocycles. The second-order valence-electron chi connectivity index (χ2n) is 4.09. The Morgan fingerprint density at radius 1 is 1.52 bits per heavy atom. The topological polar surface area (TPSA) is 83.9 Å². The quantitative estimate of drug-likeness (QED) is 0.734. The van der Waals surface area contributed by atoms with Gasteiger partial charge in [0.2, 0.25) is 10.0 Å². The third-order valence-corrected chi connectivity index (χ3v) is 4.87. The number of benzene rings is 1. The lowest BCUT2D eigenvalue weighted by atomic mass is 10.2. The number of carbonyl (C=O) groups is 1. The normalized spacial score (nSPS) is 11.6. The monoisotopic (exact) mass is 333 g/mol. The van der Waals surface area contributed by atoms with Crippen molar-refractivity contribution in [3.8, 4) is 0 Å². The minimum absolute atomic E-state index is 0.0198. The van der Waals surface area contributed by atoms with Crippen molar-refractivity contribution in [2.45, 2.75) is 4.90 Å². The first-order valence-electron chi connectivity index (χ1n) is 5.97. The molecule has 0 radical (unpaired) electrons. The average molecular weight is 334 g/mol. The number of hydrogen-bond donors (Lipinski definition) is 1. The van der Waals surface area contributed by atoms with Crippen molar-refractivity contribution < 1.29 is 23.1 Å². The summed E-state index contributed by atoms with van der Waals surface area (Å²) in [5.41, 5.74) is -0.261. The standard InChI is InChI=1S/C13H16ClNO5S/c1-3-6-15(7-8-20-2)21(18,19)10-4-5-12(14)11(9-10)13(16)17/h3-5,9H,1,6-8H2,2H3,(H,16,17). The molecular formula is C13H16ClNO5S. The maximum Gasteiger partial charge on any atom is 0.337 e. The molecule has 0 aliphatic heterocycles. The molecule has 21 heavy (non-hydrogen) atoms. The van der Waals surface area contributed by atoms with Crippen LogP contribution < -0.4 is 0 Å². The third-order valence-electron chi connectivity index (χ3n) is 2.68. The number of carboxylic acids is 1. The van der Waals surface area contributed by atoms with Crippen molar-refractivity contribution >= 4 is 27.6 Å². The van der Waals surface area contributed by atoms with Crippen LogP contribution in [0.5, 0.6) is 0 Å². The van der Waals surface area contributed by atoms with Crippen molar-refractivity contribution in [1.82, 2.24) is 4.31 Å². The van der Waals surface area contributed by atoms with E-state index in [0.717, 1.165) is 10.4 Å². The highest BCUT2D eigenvalue weighted by Crippen LogP contribution is 2.23. The number of halogens is 1. The highest BCUT2D eigenvalue weighted by molar-refractivity contribution is 7.89. The van der Waals surface area contributed by atoms with E-state index in [-0.39, 0.29) is 35.2 Å². The van der Waals surface area contributed by atoms with Crippen LogP contribution in [0.25, 0.3) is 0 Å². The van der Waals surface area contributed by atoms with Crippen LogP contribution in [-0.4, -0.2) is 50.6 Å². The minimum atomic E-state index is -3.85. The van der Waals surface area contributed by atoms with E-state index < -0.39 is 16.0 Å². The molecule has 0 aliphatic rings. The molecule has 0 amide bonds. The van der Waals surface area contributed by atoms with E-state index in [4.69, 9.17) is 21.4 Å². The lowest BCUT2D eigenvalue weighted by Gasteiger charge is -2.20. The molecule has 0 saturated carbocycles. The summed E-state index contributed by atoms with van der Waals surface area (Å²) >= 11 is 5.74. The van der Waals surface area contributed by atoms with Gasteiger partial charge in [0.15, 0.2) is 0 Å². The Hall–Kier alpha value is -1.41. The van der Waals surface area contributed by atoms with Gasteiger partial charge in [-0.3, -0.25) is 0 Å². The van der Waals surface area contributed by atoms with E-state index in [0.29, 0.717) is 0 Å². The largest absolute Gasteiger partial charge is 0.478 e. The Kier molecular flexibility index (Phi) is 6.35. The fourth-order valence-electron chi connectivity index (χ4n) is 1.62. The molecule has 0 spiro atoms. The van der Waals surface area contributed by atoms with Crippen molar-refractivity contribution in [1.29, 1.82) is 0 Å². The minimum Gasteiger partial charge on any atom is -0.478 e. The van der Waals surface area contributed by atoms with Gasteiger partial charge in [-0.05, 0) is 18.2 Å². The number of nitrogens with zero attached hydrogens (tertiary/aromatic N) is 1. The molecule has 0 fully saturated rings. The van der Waals surface area contributed by atoms with Crippen molar-refractivity contribution in [3.05, 3.63) is 41.4 Å². The predicted octanol–water partition coefficient (Wildman–Crippen LogP) is 1.86. The van der Waals surface area contributed by atoms with Crippen LogP contribution in [0.15, 0.2) is 35.7 Å². The van der Waals surface area contributed by atoms with Crippen LogP contribution in [0, 0.1) is 0 Å². The van der Waals surface area contributed by atoms with Gasteiger partial charge in [-0.1, -0.05) is 17.7 Å². The molecule has 0 aliphatic carbocycles. The highest BCUT2D eigenvalue weighted by atomic mass is 35.5. The first kappa shape index (κ1) is 17.6. The molecule has 0 heterocycles. The fraction of sp³-hybridized carbons (Fsp3) is 0.308.